The molecule has 124 valence electrons. The maximum absolute atomic E-state index is 11.8. The first-order chi connectivity index (χ1) is 11.7. The number of nitrogens with zero attached hydrogens (tertiary/aromatic N) is 2. The summed E-state index contributed by atoms with van der Waals surface area (Å²) in [6, 6.07) is 9.71. The second kappa shape index (κ2) is 8.12. The zero-order valence-corrected chi connectivity index (χ0v) is 14.7. The van der Waals surface area contributed by atoms with E-state index in [2.05, 4.69) is 9.97 Å². The largest absolute Gasteiger partial charge is 0.490 e. The molecule has 3 rings (SSSR count). The third-order valence-corrected chi connectivity index (χ3v) is 4.99. The normalized spacial score (nSPS) is 10.7. The number of ether oxygens (including phenoxy) is 2. The highest BCUT2D eigenvalue weighted by molar-refractivity contribution is 8.00. The Hall–Kier alpha value is -2.12. The van der Waals surface area contributed by atoms with E-state index in [-0.39, 0.29) is 18.3 Å². The fourth-order valence-corrected chi connectivity index (χ4v) is 3.58. The molecular formula is C17H16N2O3S2. The molecule has 0 atom stereocenters. The highest BCUT2D eigenvalue weighted by Gasteiger charge is 2.09. The Balaban J connectivity index is 1.40. The van der Waals surface area contributed by atoms with Gasteiger partial charge in [0.05, 0.1) is 5.75 Å². The van der Waals surface area contributed by atoms with Crippen LogP contribution >= 0.6 is 23.1 Å². The van der Waals surface area contributed by atoms with Gasteiger partial charge in [-0.25, -0.2) is 9.97 Å². The maximum atomic E-state index is 11.8. The first-order valence-electron chi connectivity index (χ1n) is 7.38. The first kappa shape index (κ1) is 16.7. The third kappa shape index (κ3) is 4.46. The molecule has 0 unspecified atom stereocenters. The van der Waals surface area contributed by atoms with E-state index in [9.17, 15) is 4.79 Å². The number of fused-ring (bicyclic) bond motifs is 1. The van der Waals surface area contributed by atoms with Crippen molar-refractivity contribution in [1.82, 2.24) is 9.97 Å². The summed E-state index contributed by atoms with van der Waals surface area (Å²) in [6.45, 7) is 2.58. The molecule has 2 heterocycles. The molecule has 2 aromatic heterocycles. The van der Waals surface area contributed by atoms with Crippen molar-refractivity contribution in [2.75, 3.05) is 19.0 Å². The van der Waals surface area contributed by atoms with Crippen LogP contribution in [-0.4, -0.2) is 34.9 Å². The zero-order chi connectivity index (χ0) is 16.8. The summed E-state index contributed by atoms with van der Waals surface area (Å²) in [6.07, 6.45) is 1.52. The van der Waals surface area contributed by atoms with Crippen molar-refractivity contribution in [2.24, 2.45) is 0 Å². The van der Waals surface area contributed by atoms with Crippen LogP contribution in [0.4, 0.5) is 0 Å². The number of carbonyl (C=O) groups excluding carboxylic acids is 1. The predicted molar refractivity (Wildman–Crippen MR) is 95.8 cm³/mol. The zero-order valence-electron chi connectivity index (χ0n) is 13.1. The van der Waals surface area contributed by atoms with Gasteiger partial charge in [-0.3, -0.25) is 4.79 Å². The topological polar surface area (TPSA) is 61.3 Å². The number of carbonyl (C=O) groups is 1. The van der Waals surface area contributed by atoms with Crippen LogP contribution in [0.25, 0.3) is 10.2 Å². The smallest absolute Gasteiger partial charge is 0.316 e. The molecule has 0 radical (unpaired) electrons. The highest BCUT2D eigenvalue weighted by Crippen LogP contribution is 2.27. The van der Waals surface area contributed by atoms with Gasteiger partial charge in [-0.2, -0.15) is 0 Å². The van der Waals surface area contributed by atoms with Crippen LogP contribution in [0.3, 0.4) is 0 Å². The molecule has 0 aliphatic rings. The van der Waals surface area contributed by atoms with Crippen LogP contribution in [0.5, 0.6) is 5.75 Å². The second-order valence-corrected chi connectivity index (χ2v) is 6.85. The molecule has 24 heavy (non-hydrogen) atoms. The minimum Gasteiger partial charge on any atom is -0.490 e. The van der Waals surface area contributed by atoms with Gasteiger partial charge in [0.15, 0.2) is 0 Å². The van der Waals surface area contributed by atoms with Gasteiger partial charge in [0, 0.05) is 5.39 Å². The van der Waals surface area contributed by atoms with Crippen molar-refractivity contribution in [1.29, 1.82) is 0 Å². The van der Waals surface area contributed by atoms with Crippen molar-refractivity contribution >= 4 is 39.3 Å². The first-order valence-corrected chi connectivity index (χ1v) is 9.25. The number of aromatic nitrogens is 2. The van der Waals surface area contributed by atoms with Gasteiger partial charge in [-0.05, 0) is 30.5 Å². The number of thiophene rings is 1. The summed E-state index contributed by atoms with van der Waals surface area (Å²) in [7, 11) is 0. The molecule has 0 saturated heterocycles. The summed E-state index contributed by atoms with van der Waals surface area (Å²) in [5.74, 6) is 0.702. The summed E-state index contributed by atoms with van der Waals surface area (Å²) in [5, 5.41) is 3.74. The summed E-state index contributed by atoms with van der Waals surface area (Å²) in [5.41, 5.74) is 1.18. The molecule has 0 aliphatic heterocycles. The molecule has 0 spiro atoms. The molecule has 0 saturated carbocycles. The van der Waals surface area contributed by atoms with Gasteiger partial charge < -0.3 is 9.47 Å². The van der Waals surface area contributed by atoms with Gasteiger partial charge in [0.25, 0.3) is 0 Å². The van der Waals surface area contributed by atoms with Gasteiger partial charge in [-0.15, -0.1) is 11.3 Å². The lowest BCUT2D eigenvalue weighted by Crippen LogP contribution is -2.13. The van der Waals surface area contributed by atoms with Crippen molar-refractivity contribution in [3.05, 3.63) is 47.6 Å². The van der Waals surface area contributed by atoms with Crippen LogP contribution in [-0.2, 0) is 9.53 Å². The number of rotatable bonds is 7. The number of hydrogen-bond donors (Lipinski definition) is 0. The predicted octanol–water partition coefficient (Wildman–Crippen LogP) is 3.71. The van der Waals surface area contributed by atoms with Gasteiger partial charge in [0.1, 0.15) is 35.1 Å². The molecule has 0 fully saturated rings. The Bertz CT molecular complexity index is 818. The van der Waals surface area contributed by atoms with E-state index in [1.54, 1.807) is 11.3 Å². The summed E-state index contributed by atoms with van der Waals surface area (Å²) >= 11 is 2.91. The summed E-state index contributed by atoms with van der Waals surface area (Å²) < 4.78 is 10.7. The fraction of sp³-hybridized carbons (Fsp3) is 0.235. The molecule has 7 heteroatoms. The van der Waals surface area contributed by atoms with Crippen molar-refractivity contribution < 1.29 is 14.3 Å². The molecule has 0 aliphatic carbocycles. The lowest BCUT2D eigenvalue weighted by Gasteiger charge is -2.07. The van der Waals surface area contributed by atoms with E-state index in [1.165, 1.54) is 23.7 Å². The highest BCUT2D eigenvalue weighted by atomic mass is 32.2. The minimum atomic E-state index is -0.283. The van der Waals surface area contributed by atoms with Crippen LogP contribution in [0, 0.1) is 6.92 Å². The quantitative estimate of drug-likeness (QED) is 0.277. The summed E-state index contributed by atoms with van der Waals surface area (Å²) in [4.78, 5) is 21.1. The molecule has 3 aromatic rings. The third-order valence-electron chi connectivity index (χ3n) is 3.19. The van der Waals surface area contributed by atoms with Gasteiger partial charge in [0.2, 0.25) is 0 Å². The molecule has 0 N–H and O–H groups in total. The molecule has 5 nitrogen and oxygen atoms in total. The van der Waals surface area contributed by atoms with Crippen molar-refractivity contribution in [3.63, 3.8) is 0 Å². The Morgan fingerprint density at radius 2 is 2.00 bits per heavy atom. The van der Waals surface area contributed by atoms with Crippen molar-refractivity contribution in [3.8, 4) is 5.75 Å². The SMILES string of the molecule is Cc1ccc(OCCOC(=O)CSc2ncnc3sccc23)cc1. The Morgan fingerprint density at radius 3 is 2.83 bits per heavy atom. The van der Waals surface area contributed by atoms with E-state index in [0.717, 1.165) is 21.0 Å². The standard InChI is InChI=1S/C17H16N2O3S2/c1-12-2-4-13(5-3-12)21-7-8-22-15(20)10-24-17-14-6-9-23-16(14)18-11-19-17/h2-6,9,11H,7-8,10H2,1H3. The molecule has 0 bridgehead atoms. The van der Waals surface area contributed by atoms with Gasteiger partial charge >= 0.3 is 5.97 Å². The Kier molecular flexibility index (Phi) is 5.66. The van der Waals surface area contributed by atoms with Crippen LogP contribution in [0.1, 0.15) is 5.56 Å². The van der Waals surface area contributed by atoms with E-state index in [4.69, 9.17) is 9.47 Å². The average Bonchev–Trinajstić information content (AvgIpc) is 3.07. The lowest BCUT2D eigenvalue weighted by atomic mass is 10.2. The Morgan fingerprint density at radius 1 is 1.17 bits per heavy atom. The fourth-order valence-electron chi connectivity index (χ4n) is 2.00. The maximum Gasteiger partial charge on any atom is 0.316 e. The minimum absolute atomic E-state index is 0.215. The van der Waals surface area contributed by atoms with Gasteiger partial charge in [-0.1, -0.05) is 29.5 Å². The average molecular weight is 360 g/mol. The monoisotopic (exact) mass is 360 g/mol. The lowest BCUT2D eigenvalue weighted by molar-refractivity contribution is -0.141. The van der Waals surface area contributed by atoms with E-state index in [0.29, 0.717) is 6.61 Å². The number of aryl methyl sites for hydroxylation is 1. The Labute approximate surface area is 148 Å². The van der Waals surface area contributed by atoms with Crippen molar-refractivity contribution in [2.45, 2.75) is 11.9 Å². The van der Waals surface area contributed by atoms with E-state index >= 15 is 0 Å². The van der Waals surface area contributed by atoms with Crippen LogP contribution in [0.15, 0.2) is 47.1 Å². The van der Waals surface area contributed by atoms with Crippen LogP contribution < -0.4 is 4.74 Å². The molecule has 0 amide bonds. The number of esters is 1. The van der Waals surface area contributed by atoms with Crippen LogP contribution in [0.2, 0.25) is 0 Å². The molecule has 1 aromatic carbocycles. The number of hydrogen-bond acceptors (Lipinski definition) is 7. The van der Waals surface area contributed by atoms with E-state index < -0.39 is 0 Å². The number of thioether (sulfide) groups is 1. The van der Waals surface area contributed by atoms with E-state index in [1.807, 2.05) is 42.6 Å². The molecular weight excluding hydrogens is 344 g/mol. The number of benzene rings is 1. The second-order valence-electron chi connectivity index (χ2n) is 4.99.